The Kier molecular flexibility index (Phi) is 11.8. The van der Waals surface area contributed by atoms with Crippen molar-refractivity contribution in [3.05, 3.63) is 71.5 Å². The fraction of sp³-hybridized carbons (Fsp3) is 0.412. The number of amides is 1. The van der Waals surface area contributed by atoms with Crippen molar-refractivity contribution in [3.8, 4) is 34.1 Å². The highest BCUT2D eigenvalue weighted by atomic mass is 19.1. The van der Waals surface area contributed by atoms with E-state index in [2.05, 4.69) is 5.32 Å². The fourth-order valence-electron chi connectivity index (χ4n) is 5.26. The summed E-state index contributed by atoms with van der Waals surface area (Å²) in [6, 6.07) is 14.9. The van der Waals surface area contributed by atoms with E-state index in [0.717, 1.165) is 42.6 Å². The van der Waals surface area contributed by atoms with Gasteiger partial charge in [-0.2, -0.15) is 0 Å². The van der Waals surface area contributed by atoms with Crippen LogP contribution >= 0.6 is 0 Å². The molecule has 1 amide bonds. The van der Waals surface area contributed by atoms with E-state index in [1.54, 1.807) is 37.3 Å². The highest BCUT2D eigenvalue weighted by Crippen LogP contribution is 2.41. The number of ether oxygens (including phenoxy) is 5. The number of esters is 1. The standard InChI is InChI=1S/C34H41FN2O7/c1-5-41-30-16-23(17-31(42-6-2)33(30)24-8-10-26(35)11-9-24)21-37(27-12-14-36-15-13-27)34(39)25-18-28(40-4)20-29(19-25)44-22-32(38)43-7-3/h8-11,16-20,27,36H,5-7,12-15,21-22H2,1-4H3. The Bertz CT molecular complexity index is 1380. The molecule has 0 spiro atoms. The fourth-order valence-corrected chi connectivity index (χ4v) is 5.26. The van der Waals surface area contributed by atoms with Crippen molar-refractivity contribution >= 4 is 11.9 Å². The van der Waals surface area contributed by atoms with Crippen molar-refractivity contribution in [1.29, 1.82) is 0 Å². The number of methoxy groups -OCH3 is 1. The van der Waals surface area contributed by atoms with E-state index in [0.29, 0.717) is 48.3 Å². The maximum Gasteiger partial charge on any atom is 0.344 e. The van der Waals surface area contributed by atoms with Crippen molar-refractivity contribution in [1.82, 2.24) is 10.2 Å². The maximum absolute atomic E-state index is 14.3. The van der Waals surface area contributed by atoms with Crippen molar-refractivity contribution in [3.63, 3.8) is 0 Å². The molecule has 236 valence electrons. The minimum absolute atomic E-state index is 0.0262. The summed E-state index contributed by atoms with van der Waals surface area (Å²) in [5, 5.41) is 3.37. The molecule has 0 atom stereocenters. The molecule has 0 aromatic heterocycles. The molecule has 44 heavy (non-hydrogen) atoms. The van der Waals surface area contributed by atoms with E-state index in [1.165, 1.54) is 19.2 Å². The number of nitrogens with one attached hydrogen (secondary N) is 1. The first-order valence-corrected chi connectivity index (χ1v) is 15.0. The van der Waals surface area contributed by atoms with Crippen molar-refractivity contribution in [2.75, 3.05) is 46.6 Å². The predicted octanol–water partition coefficient (Wildman–Crippen LogP) is 5.64. The molecule has 0 radical (unpaired) electrons. The van der Waals surface area contributed by atoms with Crippen LogP contribution in [0.15, 0.2) is 54.6 Å². The highest BCUT2D eigenvalue weighted by molar-refractivity contribution is 5.95. The Balaban J connectivity index is 1.72. The number of halogens is 1. The zero-order chi connectivity index (χ0) is 31.5. The van der Waals surface area contributed by atoms with Crippen LogP contribution < -0.4 is 24.3 Å². The first-order valence-electron chi connectivity index (χ1n) is 15.0. The molecule has 9 nitrogen and oxygen atoms in total. The number of hydrogen-bond donors (Lipinski definition) is 1. The molecule has 1 heterocycles. The van der Waals surface area contributed by atoms with Crippen LogP contribution in [0.25, 0.3) is 11.1 Å². The molecule has 0 aliphatic carbocycles. The SMILES string of the molecule is CCOC(=O)COc1cc(OC)cc(C(=O)N(Cc2cc(OCC)c(-c3ccc(F)cc3)c(OCC)c2)C2CCNCC2)c1. The first-order chi connectivity index (χ1) is 21.4. The number of carbonyl (C=O) groups excluding carboxylic acids is 2. The summed E-state index contributed by atoms with van der Waals surface area (Å²) in [4.78, 5) is 28.0. The van der Waals surface area contributed by atoms with Crippen molar-refractivity contribution in [2.45, 2.75) is 46.2 Å². The second-order valence-corrected chi connectivity index (χ2v) is 10.2. The van der Waals surface area contributed by atoms with Gasteiger partial charge in [-0.25, -0.2) is 9.18 Å². The van der Waals surface area contributed by atoms with E-state index in [-0.39, 0.29) is 31.0 Å². The van der Waals surface area contributed by atoms with Gasteiger partial charge in [-0.05, 0) is 94.2 Å². The Hall–Kier alpha value is -4.31. The molecule has 1 N–H and O–H groups in total. The molecule has 0 bridgehead atoms. The minimum Gasteiger partial charge on any atom is -0.497 e. The van der Waals surface area contributed by atoms with Gasteiger partial charge in [0, 0.05) is 24.2 Å². The zero-order valence-corrected chi connectivity index (χ0v) is 25.8. The lowest BCUT2D eigenvalue weighted by atomic mass is 9.98. The van der Waals surface area contributed by atoms with E-state index in [9.17, 15) is 14.0 Å². The number of hydrogen-bond acceptors (Lipinski definition) is 8. The Morgan fingerprint density at radius 2 is 1.50 bits per heavy atom. The first kappa shape index (κ1) is 32.6. The lowest BCUT2D eigenvalue weighted by molar-refractivity contribution is -0.145. The number of nitrogens with zero attached hydrogens (tertiary/aromatic N) is 1. The van der Waals surface area contributed by atoms with Crippen LogP contribution in [0.4, 0.5) is 4.39 Å². The molecule has 10 heteroatoms. The lowest BCUT2D eigenvalue weighted by Gasteiger charge is -2.35. The second kappa shape index (κ2) is 16.0. The van der Waals surface area contributed by atoms with Gasteiger partial charge in [0.05, 0.1) is 32.5 Å². The third-order valence-corrected chi connectivity index (χ3v) is 7.25. The largest absolute Gasteiger partial charge is 0.497 e. The summed E-state index contributed by atoms with van der Waals surface area (Å²) in [6.07, 6.45) is 1.57. The second-order valence-electron chi connectivity index (χ2n) is 10.2. The molecule has 1 aliphatic rings. The quantitative estimate of drug-likeness (QED) is 0.235. The highest BCUT2D eigenvalue weighted by Gasteiger charge is 2.28. The third kappa shape index (κ3) is 8.41. The van der Waals surface area contributed by atoms with Crippen LogP contribution in [-0.2, 0) is 16.1 Å². The number of carbonyl (C=O) groups is 2. The van der Waals surface area contributed by atoms with Gasteiger partial charge < -0.3 is 33.9 Å². The molecule has 0 saturated carbocycles. The number of rotatable bonds is 14. The van der Waals surface area contributed by atoms with Gasteiger partial charge >= 0.3 is 5.97 Å². The van der Waals surface area contributed by atoms with Crippen LogP contribution in [0.1, 0.15) is 49.5 Å². The molecular formula is C34H41FN2O7. The number of benzene rings is 3. The summed E-state index contributed by atoms with van der Waals surface area (Å²) in [5.74, 6) is 0.911. The van der Waals surface area contributed by atoms with Crippen LogP contribution in [0, 0.1) is 5.82 Å². The van der Waals surface area contributed by atoms with Gasteiger partial charge in [-0.15, -0.1) is 0 Å². The van der Waals surface area contributed by atoms with Gasteiger partial charge in [0.15, 0.2) is 6.61 Å². The Morgan fingerprint density at radius 3 is 2.09 bits per heavy atom. The van der Waals surface area contributed by atoms with Gasteiger partial charge in [0.2, 0.25) is 0 Å². The van der Waals surface area contributed by atoms with Crippen molar-refractivity contribution in [2.24, 2.45) is 0 Å². The zero-order valence-electron chi connectivity index (χ0n) is 25.8. The lowest BCUT2D eigenvalue weighted by Crippen LogP contribution is -2.45. The van der Waals surface area contributed by atoms with Gasteiger partial charge in [-0.1, -0.05) is 12.1 Å². The Labute approximate surface area is 258 Å². The predicted molar refractivity (Wildman–Crippen MR) is 165 cm³/mol. The van der Waals surface area contributed by atoms with Crippen LogP contribution in [0.5, 0.6) is 23.0 Å². The summed E-state index contributed by atoms with van der Waals surface area (Å²) in [6.45, 7) is 8.19. The average molecular weight is 609 g/mol. The van der Waals surface area contributed by atoms with Gasteiger partial charge in [0.25, 0.3) is 5.91 Å². The smallest absolute Gasteiger partial charge is 0.344 e. The van der Waals surface area contributed by atoms with Crippen LogP contribution in [0.3, 0.4) is 0 Å². The monoisotopic (exact) mass is 608 g/mol. The topological polar surface area (TPSA) is 95.6 Å². The van der Waals surface area contributed by atoms with Crippen LogP contribution in [0.2, 0.25) is 0 Å². The summed E-state index contributed by atoms with van der Waals surface area (Å²) >= 11 is 0. The molecule has 3 aromatic rings. The normalized spacial score (nSPS) is 13.2. The molecule has 1 fully saturated rings. The van der Waals surface area contributed by atoms with E-state index in [4.69, 9.17) is 23.7 Å². The molecule has 1 aliphatic heterocycles. The molecule has 3 aromatic carbocycles. The molecule has 0 unspecified atom stereocenters. The van der Waals surface area contributed by atoms with Crippen molar-refractivity contribution < 1.29 is 37.7 Å². The average Bonchev–Trinajstić information content (AvgIpc) is 3.03. The number of piperidine rings is 1. The van der Waals surface area contributed by atoms with E-state index >= 15 is 0 Å². The van der Waals surface area contributed by atoms with Gasteiger partial charge in [-0.3, -0.25) is 4.79 Å². The molecule has 4 rings (SSSR count). The summed E-state index contributed by atoms with van der Waals surface area (Å²) < 4.78 is 42.0. The Morgan fingerprint density at radius 1 is 0.864 bits per heavy atom. The van der Waals surface area contributed by atoms with E-state index < -0.39 is 5.97 Å². The van der Waals surface area contributed by atoms with Crippen LogP contribution in [-0.4, -0.2) is 69.4 Å². The summed E-state index contributed by atoms with van der Waals surface area (Å²) in [5.41, 5.74) is 2.70. The molecule has 1 saturated heterocycles. The maximum atomic E-state index is 14.3. The minimum atomic E-state index is -0.501. The molecular weight excluding hydrogens is 567 g/mol. The van der Waals surface area contributed by atoms with E-state index in [1.807, 2.05) is 30.9 Å². The summed E-state index contributed by atoms with van der Waals surface area (Å²) in [7, 11) is 1.51. The van der Waals surface area contributed by atoms with Gasteiger partial charge in [0.1, 0.15) is 28.8 Å². The third-order valence-electron chi connectivity index (χ3n) is 7.25.